The molecule has 2 heteroatoms. The number of nitrogens with zero attached hydrogens (tertiary/aromatic N) is 1. The van der Waals surface area contributed by atoms with Crippen LogP contribution in [0.5, 0.6) is 0 Å². The van der Waals surface area contributed by atoms with Crippen molar-refractivity contribution < 1.29 is 5.11 Å². The molecule has 2 bridgehead atoms. The van der Waals surface area contributed by atoms with Gasteiger partial charge in [0.1, 0.15) is 0 Å². The summed E-state index contributed by atoms with van der Waals surface area (Å²) in [7, 11) is 0. The van der Waals surface area contributed by atoms with E-state index in [0.29, 0.717) is 18.0 Å². The van der Waals surface area contributed by atoms with E-state index in [1.165, 1.54) is 6.42 Å². The predicted molar refractivity (Wildman–Crippen MR) is 44.4 cm³/mol. The summed E-state index contributed by atoms with van der Waals surface area (Å²) in [6, 6.07) is 1.35. The lowest BCUT2D eigenvalue weighted by Crippen LogP contribution is -2.41. The van der Waals surface area contributed by atoms with Crippen LogP contribution in [0.15, 0.2) is 0 Å². The first-order valence-electron chi connectivity index (χ1n) is 4.62. The molecule has 1 saturated carbocycles. The third-order valence-corrected chi connectivity index (χ3v) is 3.21. The summed E-state index contributed by atoms with van der Waals surface area (Å²) in [6.07, 6.45) is 2.26. The van der Waals surface area contributed by atoms with Gasteiger partial charge < -0.3 is 5.11 Å². The Labute approximate surface area is 68.2 Å². The summed E-state index contributed by atoms with van der Waals surface area (Å²) in [4.78, 5) is 2.53. The molecule has 0 radical (unpaired) electrons. The van der Waals surface area contributed by atoms with Crippen LogP contribution in [0.4, 0.5) is 0 Å². The van der Waals surface area contributed by atoms with E-state index in [9.17, 15) is 5.11 Å². The quantitative estimate of drug-likeness (QED) is 0.607. The van der Waals surface area contributed by atoms with Gasteiger partial charge in [-0.1, -0.05) is 0 Å². The molecule has 1 aliphatic heterocycles. The molecule has 2 fully saturated rings. The molecule has 0 aromatic rings. The van der Waals surface area contributed by atoms with Gasteiger partial charge in [-0.25, -0.2) is 0 Å². The maximum atomic E-state index is 9.49. The Morgan fingerprint density at radius 2 is 2.09 bits per heavy atom. The first-order chi connectivity index (χ1) is 5.18. The highest BCUT2D eigenvalue weighted by atomic mass is 16.3. The van der Waals surface area contributed by atoms with Crippen molar-refractivity contribution in [3.63, 3.8) is 0 Å². The molecular formula is C9H17NO. The van der Waals surface area contributed by atoms with Crippen LogP contribution in [0.3, 0.4) is 0 Å². The van der Waals surface area contributed by atoms with Crippen LogP contribution in [0.2, 0.25) is 0 Å². The van der Waals surface area contributed by atoms with Crippen LogP contribution in [0, 0.1) is 5.92 Å². The molecule has 0 amide bonds. The van der Waals surface area contributed by atoms with E-state index in [0.717, 1.165) is 13.0 Å². The van der Waals surface area contributed by atoms with Crippen molar-refractivity contribution in [3.05, 3.63) is 0 Å². The molecular weight excluding hydrogens is 138 g/mol. The molecule has 11 heavy (non-hydrogen) atoms. The zero-order chi connectivity index (χ0) is 8.01. The number of hydrogen-bond acceptors (Lipinski definition) is 2. The Balaban J connectivity index is 2.02. The number of hydrogen-bond donors (Lipinski definition) is 1. The van der Waals surface area contributed by atoms with Gasteiger partial charge in [-0.3, -0.25) is 4.90 Å². The largest absolute Gasteiger partial charge is 0.393 e. The molecule has 1 heterocycles. The second-order valence-corrected chi connectivity index (χ2v) is 4.24. The number of piperidine rings is 1. The van der Waals surface area contributed by atoms with E-state index in [4.69, 9.17) is 0 Å². The van der Waals surface area contributed by atoms with E-state index in [-0.39, 0.29) is 6.10 Å². The van der Waals surface area contributed by atoms with E-state index >= 15 is 0 Å². The zero-order valence-electron chi connectivity index (χ0n) is 7.33. The summed E-state index contributed by atoms with van der Waals surface area (Å²) in [5, 5.41) is 9.49. The monoisotopic (exact) mass is 155 g/mol. The van der Waals surface area contributed by atoms with Crippen molar-refractivity contribution in [3.8, 4) is 0 Å². The highest BCUT2D eigenvalue weighted by Gasteiger charge is 2.44. The summed E-state index contributed by atoms with van der Waals surface area (Å²) >= 11 is 0. The summed E-state index contributed by atoms with van der Waals surface area (Å²) < 4.78 is 0. The molecule has 64 valence electrons. The molecule has 2 rings (SSSR count). The van der Waals surface area contributed by atoms with E-state index in [1.54, 1.807) is 0 Å². The minimum atomic E-state index is 0.00926. The summed E-state index contributed by atoms with van der Waals surface area (Å²) in [5.41, 5.74) is 0. The second kappa shape index (κ2) is 2.46. The fourth-order valence-corrected chi connectivity index (χ4v) is 2.59. The minimum absolute atomic E-state index is 0.00926. The lowest BCUT2D eigenvalue weighted by Gasteiger charge is -2.32. The average molecular weight is 155 g/mol. The Hall–Kier alpha value is -0.0800. The number of aliphatic hydroxyl groups excluding tert-OH is 1. The molecule has 2 nitrogen and oxygen atoms in total. The predicted octanol–water partition coefficient (Wildman–Crippen LogP) is 0.850. The Morgan fingerprint density at radius 1 is 1.36 bits per heavy atom. The van der Waals surface area contributed by atoms with Gasteiger partial charge in [-0.15, -0.1) is 0 Å². The van der Waals surface area contributed by atoms with Crippen molar-refractivity contribution >= 4 is 0 Å². The summed E-state index contributed by atoms with van der Waals surface area (Å²) in [6.45, 7) is 5.61. The van der Waals surface area contributed by atoms with Gasteiger partial charge in [0.05, 0.1) is 6.10 Å². The first-order valence-corrected chi connectivity index (χ1v) is 4.62. The van der Waals surface area contributed by atoms with Crippen LogP contribution in [0.25, 0.3) is 0 Å². The first kappa shape index (κ1) is 7.56. The molecule has 2 aliphatic rings. The Kier molecular flexibility index (Phi) is 1.69. The highest BCUT2D eigenvalue weighted by molar-refractivity contribution is 4.98. The number of aliphatic hydroxyl groups is 1. The Bertz CT molecular complexity index is 156. The SMILES string of the molecule is CC(C)N1C[C@H]2CC1C[C@@H]2O. The molecule has 1 unspecified atom stereocenters. The lowest BCUT2D eigenvalue weighted by molar-refractivity contribution is 0.0612. The zero-order valence-corrected chi connectivity index (χ0v) is 7.33. The van der Waals surface area contributed by atoms with Crippen LogP contribution in [0.1, 0.15) is 26.7 Å². The lowest BCUT2D eigenvalue weighted by atomic mass is 10.1. The molecule has 1 aliphatic carbocycles. The van der Waals surface area contributed by atoms with E-state index in [1.807, 2.05) is 0 Å². The molecule has 0 spiro atoms. The van der Waals surface area contributed by atoms with E-state index in [2.05, 4.69) is 18.7 Å². The third-order valence-electron chi connectivity index (χ3n) is 3.21. The summed E-state index contributed by atoms with van der Waals surface area (Å²) in [5.74, 6) is 0.586. The Morgan fingerprint density at radius 3 is 2.45 bits per heavy atom. The molecule has 1 N–H and O–H groups in total. The van der Waals surface area contributed by atoms with Crippen LogP contribution < -0.4 is 0 Å². The second-order valence-electron chi connectivity index (χ2n) is 4.24. The molecule has 0 aromatic carbocycles. The highest BCUT2D eigenvalue weighted by Crippen LogP contribution is 2.38. The van der Waals surface area contributed by atoms with E-state index < -0.39 is 0 Å². The smallest absolute Gasteiger partial charge is 0.0596 e. The third kappa shape index (κ3) is 1.09. The fraction of sp³-hybridized carbons (Fsp3) is 1.00. The van der Waals surface area contributed by atoms with Crippen molar-refractivity contribution in [2.24, 2.45) is 5.92 Å². The number of rotatable bonds is 1. The van der Waals surface area contributed by atoms with Gasteiger partial charge in [0.25, 0.3) is 0 Å². The van der Waals surface area contributed by atoms with Gasteiger partial charge in [-0.05, 0) is 32.6 Å². The normalized spacial score (nSPS) is 44.2. The van der Waals surface area contributed by atoms with Crippen molar-refractivity contribution in [2.45, 2.75) is 44.9 Å². The van der Waals surface area contributed by atoms with Gasteiger partial charge in [0, 0.05) is 18.6 Å². The molecule has 3 atom stereocenters. The van der Waals surface area contributed by atoms with Gasteiger partial charge in [0.15, 0.2) is 0 Å². The maximum absolute atomic E-state index is 9.49. The average Bonchev–Trinajstić information content (AvgIpc) is 2.43. The minimum Gasteiger partial charge on any atom is -0.393 e. The fourth-order valence-electron chi connectivity index (χ4n) is 2.59. The molecule has 1 saturated heterocycles. The van der Waals surface area contributed by atoms with Crippen molar-refractivity contribution in [2.75, 3.05) is 6.54 Å². The van der Waals surface area contributed by atoms with Crippen molar-refractivity contribution in [1.29, 1.82) is 0 Å². The molecule has 0 aromatic heterocycles. The van der Waals surface area contributed by atoms with Gasteiger partial charge in [-0.2, -0.15) is 0 Å². The van der Waals surface area contributed by atoms with Crippen LogP contribution in [-0.2, 0) is 0 Å². The maximum Gasteiger partial charge on any atom is 0.0596 e. The standard InChI is InChI=1S/C9H17NO/c1-6(2)10-5-7-3-8(10)4-9(7)11/h6-9,11H,3-5H2,1-2H3/t7-,8?,9+/m1/s1. The van der Waals surface area contributed by atoms with Crippen LogP contribution in [-0.4, -0.2) is 34.7 Å². The number of likely N-dealkylation sites (tertiary alicyclic amines) is 1. The number of fused-ring (bicyclic) bond motifs is 2. The topological polar surface area (TPSA) is 23.5 Å². The van der Waals surface area contributed by atoms with Gasteiger partial charge in [0.2, 0.25) is 0 Å². The van der Waals surface area contributed by atoms with Crippen LogP contribution >= 0.6 is 0 Å². The van der Waals surface area contributed by atoms with Crippen molar-refractivity contribution in [1.82, 2.24) is 4.90 Å². The van der Waals surface area contributed by atoms with Gasteiger partial charge >= 0.3 is 0 Å².